The van der Waals surface area contributed by atoms with Crippen LogP contribution < -0.4 is 4.90 Å². The Kier molecular flexibility index (Phi) is 4.30. The number of carbonyl (C=O) groups is 1. The Morgan fingerprint density at radius 3 is 2.75 bits per heavy atom. The van der Waals surface area contributed by atoms with Gasteiger partial charge >= 0.3 is 6.18 Å². The van der Waals surface area contributed by atoms with Crippen LogP contribution in [0.3, 0.4) is 0 Å². The lowest BCUT2D eigenvalue weighted by atomic mass is 9.97. The third kappa shape index (κ3) is 3.29. The number of piperidine rings is 1. The zero-order valence-corrected chi connectivity index (χ0v) is 11.3. The summed E-state index contributed by atoms with van der Waals surface area (Å²) in [5.74, 6) is -1.35. The topological polar surface area (TPSA) is 33.2 Å². The van der Waals surface area contributed by atoms with Crippen molar-refractivity contribution in [1.29, 1.82) is 0 Å². The number of pyridine rings is 1. The van der Waals surface area contributed by atoms with Crippen LogP contribution in [0.2, 0.25) is 0 Å². The number of ketones is 1. The molecule has 1 atom stereocenters. The molecule has 1 saturated heterocycles. The predicted octanol–water partition coefficient (Wildman–Crippen LogP) is 3.45. The molecule has 0 saturated carbocycles. The summed E-state index contributed by atoms with van der Waals surface area (Å²) in [6.07, 6.45) is -1.60. The molecule has 1 aromatic rings. The van der Waals surface area contributed by atoms with Crippen molar-refractivity contribution < 1.29 is 18.0 Å². The molecular weight excluding hydrogens is 269 g/mol. The Hall–Kier alpha value is -1.59. The summed E-state index contributed by atoms with van der Waals surface area (Å²) in [6, 6.07) is 3.26. The number of carbonyl (C=O) groups excluding carboxylic acids is 1. The summed E-state index contributed by atoms with van der Waals surface area (Å²) < 4.78 is 38.3. The number of rotatable bonds is 3. The van der Waals surface area contributed by atoms with Gasteiger partial charge in [-0.15, -0.1) is 0 Å². The van der Waals surface area contributed by atoms with E-state index in [2.05, 4.69) is 4.98 Å². The normalized spacial score (nSPS) is 20.0. The molecule has 0 radical (unpaired) electrons. The van der Waals surface area contributed by atoms with Crippen LogP contribution in [-0.2, 0) is 0 Å². The predicted molar refractivity (Wildman–Crippen MR) is 69.9 cm³/mol. The van der Waals surface area contributed by atoms with Crippen molar-refractivity contribution in [3.8, 4) is 0 Å². The Morgan fingerprint density at radius 1 is 1.45 bits per heavy atom. The first-order valence-corrected chi connectivity index (χ1v) is 6.72. The fraction of sp³-hybridized carbons (Fsp3) is 0.571. The minimum absolute atomic E-state index is 0.0355. The maximum atomic E-state index is 12.8. The number of halogens is 3. The lowest BCUT2D eigenvalue weighted by Crippen LogP contribution is -2.41. The van der Waals surface area contributed by atoms with Gasteiger partial charge in [0.1, 0.15) is 5.69 Å². The molecule has 1 aromatic heterocycles. The third-order valence-electron chi connectivity index (χ3n) is 3.60. The van der Waals surface area contributed by atoms with Crippen LogP contribution in [0.25, 0.3) is 0 Å². The molecule has 0 aliphatic carbocycles. The molecule has 0 aromatic carbocycles. The van der Waals surface area contributed by atoms with Gasteiger partial charge in [0.2, 0.25) is 0 Å². The van der Waals surface area contributed by atoms with Crippen molar-refractivity contribution in [3.05, 3.63) is 24.0 Å². The van der Waals surface area contributed by atoms with Gasteiger partial charge in [-0.1, -0.05) is 6.92 Å². The van der Waals surface area contributed by atoms with E-state index in [1.807, 2.05) is 0 Å². The quantitative estimate of drug-likeness (QED) is 0.798. The molecule has 0 amide bonds. The van der Waals surface area contributed by atoms with Gasteiger partial charge < -0.3 is 4.90 Å². The van der Waals surface area contributed by atoms with Crippen molar-refractivity contribution in [2.75, 3.05) is 18.0 Å². The second-order valence-electron chi connectivity index (χ2n) is 5.01. The molecule has 0 N–H and O–H groups in total. The summed E-state index contributed by atoms with van der Waals surface area (Å²) in [5, 5.41) is 0. The SMILES string of the molecule is CCC(=O)c1ccc(N2CCCC(C(F)(F)F)C2)cn1. The van der Waals surface area contributed by atoms with Crippen molar-refractivity contribution in [2.24, 2.45) is 5.92 Å². The lowest BCUT2D eigenvalue weighted by Gasteiger charge is -2.35. The zero-order chi connectivity index (χ0) is 14.8. The maximum Gasteiger partial charge on any atom is 0.393 e. The first-order chi connectivity index (χ1) is 9.41. The summed E-state index contributed by atoms with van der Waals surface area (Å²) in [4.78, 5) is 17.2. The fourth-order valence-corrected chi connectivity index (χ4v) is 2.40. The highest BCUT2D eigenvalue weighted by Gasteiger charge is 2.41. The molecule has 1 aliphatic rings. The first kappa shape index (κ1) is 14.8. The molecular formula is C14H17F3N2O. The van der Waals surface area contributed by atoms with Gasteiger partial charge in [0, 0.05) is 19.5 Å². The van der Waals surface area contributed by atoms with Crippen LogP contribution in [0.5, 0.6) is 0 Å². The number of anilines is 1. The molecule has 110 valence electrons. The molecule has 3 nitrogen and oxygen atoms in total. The number of hydrogen-bond donors (Lipinski definition) is 0. The van der Waals surface area contributed by atoms with Crippen molar-refractivity contribution >= 4 is 11.5 Å². The van der Waals surface area contributed by atoms with E-state index in [9.17, 15) is 18.0 Å². The average molecular weight is 286 g/mol. The van der Waals surface area contributed by atoms with Crippen molar-refractivity contribution in [2.45, 2.75) is 32.4 Å². The number of nitrogens with zero attached hydrogens (tertiary/aromatic N) is 2. The molecule has 1 unspecified atom stereocenters. The van der Waals surface area contributed by atoms with Gasteiger partial charge in [0.25, 0.3) is 0 Å². The molecule has 6 heteroatoms. The molecule has 0 bridgehead atoms. The van der Waals surface area contributed by atoms with Crippen LogP contribution >= 0.6 is 0 Å². The van der Waals surface area contributed by atoms with Crippen LogP contribution in [0.4, 0.5) is 18.9 Å². The molecule has 1 fully saturated rings. The van der Waals surface area contributed by atoms with Gasteiger partial charge in [-0.3, -0.25) is 9.78 Å². The zero-order valence-electron chi connectivity index (χ0n) is 11.3. The minimum atomic E-state index is -4.15. The number of aromatic nitrogens is 1. The molecule has 2 heterocycles. The monoisotopic (exact) mass is 286 g/mol. The Balaban J connectivity index is 2.09. The van der Waals surface area contributed by atoms with Gasteiger partial charge in [0.15, 0.2) is 5.78 Å². The smallest absolute Gasteiger partial charge is 0.370 e. The van der Waals surface area contributed by atoms with Crippen LogP contribution in [0.15, 0.2) is 18.3 Å². The van der Waals surface area contributed by atoms with Crippen molar-refractivity contribution in [3.63, 3.8) is 0 Å². The van der Waals surface area contributed by atoms with Gasteiger partial charge in [-0.25, -0.2) is 0 Å². The fourth-order valence-electron chi connectivity index (χ4n) is 2.40. The highest BCUT2D eigenvalue weighted by molar-refractivity contribution is 5.94. The molecule has 2 rings (SSSR count). The van der Waals surface area contributed by atoms with E-state index in [1.165, 1.54) is 6.20 Å². The Labute approximate surface area is 115 Å². The molecule has 20 heavy (non-hydrogen) atoms. The van der Waals surface area contributed by atoms with Gasteiger partial charge in [0.05, 0.1) is 17.8 Å². The van der Waals surface area contributed by atoms with Crippen LogP contribution in [0.1, 0.15) is 36.7 Å². The first-order valence-electron chi connectivity index (χ1n) is 6.72. The van der Waals surface area contributed by atoms with E-state index in [1.54, 1.807) is 24.0 Å². The maximum absolute atomic E-state index is 12.8. The summed E-state index contributed by atoms with van der Waals surface area (Å²) >= 11 is 0. The number of Topliss-reactive ketones (excluding diaryl/α,β-unsaturated/α-hetero) is 1. The van der Waals surface area contributed by atoms with E-state index in [0.29, 0.717) is 30.8 Å². The molecule has 1 aliphatic heterocycles. The highest BCUT2D eigenvalue weighted by atomic mass is 19.4. The van der Waals surface area contributed by atoms with Gasteiger partial charge in [-0.05, 0) is 25.0 Å². The van der Waals surface area contributed by atoms with E-state index in [0.717, 1.165) is 0 Å². The highest BCUT2D eigenvalue weighted by Crippen LogP contribution is 2.34. The van der Waals surface area contributed by atoms with Crippen LogP contribution in [-0.4, -0.2) is 30.0 Å². The van der Waals surface area contributed by atoms with E-state index in [4.69, 9.17) is 0 Å². The van der Waals surface area contributed by atoms with Crippen molar-refractivity contribution in [1.82, 2.24) is 4.98 Å². The number of alkyl halides is 3. The largest absolute Gasteiger partial charge is 0.393 e. The van der Waals surface area contributed by atoms with E-state index >= 15 is 0 Å². The second kappa shape index (κ2) is 5.81. The molecule has 0 spiro atoms. The standard InChI is InChI=1S/C14H17F3N2O/c1-2-13(20)12-6-5-11(8-18-12)19-7-3-4-10(9-19)14(15,16)17/h5-6,8,10H,2-4,7,9H2,1H3. The number of hydrogen-bond acceptors (Lipinski definition) is 3. The van der Waals surface area contributed by atoms with E-state index in [-0.39, 0.29) is 18.7 Å². The Bertz CT molecular complexity index is 470. The van der Waals surface area contributed by atoms with E-state index < -0.39 is 12.1 Å². The van der Waals surface area contributed by atoms with Gasteiger partial charge in [-0.2, -0.15) is 13.2 Å². The third-order valence-corrected chi connectivity index (χ3v) is 3.60. The van der Waals surface area contributed by atoms with Crippen LogP contribution in [0, 0.1) is 5.92 Å². The summed E-state index contributed by atoms with van der Waals surface area (Å²) in [6.45, 7) is 2.30. The summed E-state index contributed by atoms with van der Waals surface area (Å²) in [7, 11) is 0. The Morgan fingerprint density at radius 2 is 2.20 bits per heavy atom. The minimum Gasteiger partial charge on any atom is -0.370 e. The second-order valence-corrected chi connectivity index (χ2v) is 5.01. The summed E-state index contributed by atoms with van der Waals surface area (Å²) in [5.41, 5.74) is 1.01. The lowest BCUT2D eigenvalue weighted by molar-refractivity contribution is -0.175. The average Bonchev–Trinajstić information content (AvgIpc) is 2.46.